The van der Waals surface area contributed by atoms with Crippen LogP contribution in [0.5, 0.6) is 5.75 Å². The summed E-state index contributed by atoms with van der Waals surface area (Å²) in [5.74, 6) is 0.719. The first-order chi connectivity index (χ1) is 9.36. The van der Waals surface area contributed by atoms with Crippen LogP contribution in [0.4, 0.5) is 0 Å². The van der Waals surface area contributed by atoms with E-state index in [4.69, 9.17) is 16.3 Å². The van der Waals surface area contributed by atoms with E-state index in [0.717, 1.165) is 12.1 Å². The van der Waals surface area contributed by atoms with Gasteiger partial charge in [-0.05, 0) is 37.7 Å². The van der Waals surface area contributed by atoms with E-state index >= 15 is 0 Å². The monoisotopic (exact) mass is 298 g/mol. The Labute approximate surface area is 126 Å². The lowest BCUT2D eigenvalue weighted by atomic mass is 9.96. The summed E-state index contributed by atoms with van der Waals surface area (Å²) in [7, 11) is 5.51. The van der Waals surface area contributed by atoms with Crippen molar-refractivity contribution in [3.8, 4) is 5.75 Å². The summed E-state index contributed by atoms with van der Waals surface area (Å²) in [6.07, 6.45) is 0. The van der Waals surface area contributed by atoms with Gasteiger partial charge in [0.15, 0.2) is 0 Å². The second-order valence-electron chi connectivity index (χ2n) is 5.29. The van der Waals surface area contributed by atoms with E-state index in [-0.39, 0.29) is 11.8 Å². The van der Waals surface area contributed by atoms with Crippen molar-refractivity contribution in [2.75, 3.05) is 34.3 Å². The SMILES string of the molecule is COc1cc(C(C)C)c(C(=O)NCCN(C)C)cc1Cl. The number of carbonyl (C=O) groups is 1. The maximum Gasteiger partial charge on any atom is 0.251 e. The van der Waals surface area contributed by atoms with Crippen LogP contribution in [0.1, 0.15) is 35.7 Å². The smallest absolute Gasteiger partial charge is 0.251 e. The number of halogens is 1. The van der Waals surface area contributed by atoms with Crippen molar-refractivity contribution in [1.29, 1.82) is 0 Å². The van der Waals surface area contributed by atoms with Crippen LogP contribution >= 0.6 is 11.6 Å². The van der Waals surface area contributed by atoms with Gasteiger partial charge < -0.3 is 15.0 Å². The van der Waals surface area contributed by atoms with E-state index in [1.807, 2.05) is 38.9 Å². The van der Waals surface area contributed by atoms with Gasteiger partial charge >= 0.3 is 0 Å². The molecule has 0 bridgehead atoms. The van der Waals surface area contributed by atoms with Crippen LogP contribution in [-0.2, 0) is 0 Å². The van der Waals surface area contributed by atoms with Crippen LogP contribution in [0, 0.1) is 0 Å². The molecule has 0 saturated carbocycles. The molecule has 0 atom stereocenters. The Hall–Kier alpha value is -1.26. The molecule has 0 aromatic heterocycles. The lowest BCUT2D eigenvalue weighted by Gasteiger charge is -2.16. The molecule has 1 amide bonds. The molecule has 112 valence electrons. The second-order valence-corrected chi connectivity index (χ2v) is 5.70. The predicted molar refractivity (Wildman–Crippen MR) is 83.0 cm³/mol. The third-order valence-electron chi connectivity index (χ3n) is 3.04. The van der Waals surface area contributed by atoms with Crippen LogP contribution in [0.15, 0.2) is 12.1 Å². The van der Waals surface area contributed by atoms with Gasteiger partial charge in [0.25, 0.3) is 5.91 Å². The van der Waals surface area contributed by atoms with Gasteiger partial charge in [0.2, 0.25) is 0 Å². The van der Waals surface area contributed by atoms with E-state index in [1.54, 1.807) is 13.2 Å². The van der Waals surface area contributed by atoms with Crippen molar-refractivity contribution in [1.82, 2.24) is 10.2 Å². The standard InChI is InChI=1S/C15H23ClN2O2/c1-10(2)11-9-14(20-5)13(16)8-12(11)15(19)17-6-7-18(3)4/h8-10H,6-7H2,1-5H3,(H,17,19). The second kappa shape index (κ2) is 7.50. The van der Waals surface area contributed by atoms with Crippen molar-refractivity contribution < 1.29 is 9.53 Å². The molecular formula is C15H23ClN2O2. The van der Waals surface area contributed by atoms with Crippen molar-refractivity contribution >= 4 is 17.5 Å². The molecular weight excluding hydrogens is 276 g/mol. The highest BCUT2D eigenvalue weighted by molar-refractivity contribution is 6.32. The summed E-state index contributed by atoms with van der Waals surface area (Å²) in [5.41, 5.74) is 1.55. The minimum absolute atomic E-state index is 0.0971. The highest BCUT2D eigenvalue weighted by Crippen LogP contribution is 2.31. The Bertz CT molecular complexity index is 473. The van der Waals surface area contributed by atoms with Gasteiger partial charge in [0, 0.05) is 18.7 Å². The quantitative estimate of drug-likeness (QED) is 0.878. The minimum atomic E-state index is -0.0971. The number of methoxy groups -OCH3 is 1. The van der Waals surface area contributed by atoms with Crippen molar-refractivity contribution in [3.63, 3.8) is 0 Å². The van der Waals surface area contributed by atoms with E-state index in [2.05, 4.69) is 5.32 Å². The topological polar surface area (TPSA) is 41.6 Å². The zero-order valence-corrected chi connectivity index (χ0v) is 13.5. The summed E-state index contributed by atoms with van der Waals surface area (Å²) >= 11 is 6.12. The lowest BCUT2D eigenvalue weighted by molar-refractivity contribution is 0.0949. The number of rotatable bonds is 6. The normalized spacial score (nSPS) is 11.0. The molecule has 4 nitrogen and oxygen atoms in total. The molecule has 0 aliphatic carbocycles. The summed E-state index contributed by atoms with van der Waals surface area (Å²) in [6, 6.07) is 3.52. The molecule has 1 aromatic carbocycles. The van der Waals surface area contributed by atoms with Gasteiger partial charge in [-0.15, -0.1) is 0 Å². The fourth-order valence-corrected chi connectivity index (χ4v) is 2.13. The number of hydrogen-bond donors (Lipinski definition) is 1. The first kappa shape index (κ1) is 16.8. The zero-order valence-electron chi connectivity index (χ0n) is 12.8. The first-order valence-electron chi connectivity index (χ1n) is 6.67. The molecule has 1 N–H and O–H groups in total. The average Bonchev–Trinajstić information content (AvgIpc) is 2.37. The van der Waals surface area contributed by atoms with Crippen molar-refractivity contribution in [2.45, 2.75) is 19.8 Å². The number of hydrogen-bond acceptors (Lipinski definition) is 3. The zero-order chi connectivity index (χ0) is 15.3. The first-order valence-corrected chi connectivity index (χ1v) is 7.05. The molecule has 0 unspecified atom stereocenters. The maximum absolute atomic E-state index is 12.3. The Morgan fingerprint density at radius 1 is 1.40 bits per heavy atom. The van der Waals surface area contributed by atoms with E-state index in [0.29, 0.717) is 22.9 Å². The fourth-order valence-electron chi connectivity index (χ4n) is 1.89. The number of nitrogens with zero attached hydrogens (tertiary/aromatic N) is 1. The number of likely N-dealkylation sites (N-methyl/N-ethyl adjacent to an activating group) is 1. The van der Waals surface area contributed by atoms with Crippen LogP contribution in [-0.4, -0.2) is 45.1 Å². The fraction of sp³-hybridized carbons (Fsp3) is 0.533. The van der Waals surface area contributed by atoms with Crippen molar-refractivity contribution in [2.24, 2.45) is 0 Å². The molecule has 0 spiro atoms. The number of benzene rings is 1. The molecule has 0 fully saturated rings. The Morgan fingerprint density at radius 3 is 2.55 bits per heavy atom. The Kier molecular flexibility index (Phi) is 6.30. The van der Waals surface area contributed by atoms with Gasteiger partial charge in [0.05, 0.1) is 12.1 Å². The molecule has 0 heterocycles. The number of nitrogens with one attached hydrogen (secondary N) is 1. The predicted octanol–water partition coefficient (Wildman–Crippen LogP) is 2.76. The third-order valence-corrected chi connectivity index (χ3v) is 3.33. The summed E-state index contributed by atoms with van der Waals surface area (Å²) in [5, 5.41) is 3.36. The van der Waals surface area contributed by atoms with E-state index in [9.17, 15) is 4.79 Å². The van der Waals surface area contributed by atoms with E-state index in [1.165, 1.54) is 0 Å². The van der Waals surface area contributed by atoms with Gasteiger partial charge in [0.1, 0.15) is 5.75 Å². The molecule has 5 heteroatoms. The van der Waals surface area contributed by atoms with Crippen LogP contribution < -0.4 is 10.1 Å². The molecule has 0 aliphatic rings. The average molecular weight is 299 g/mol. The van der Waals surface area contributed by atoms with Gasteiger partial charge in [-0.25, -0.2) is 0 Å². The van der Waals surface area contributed by atoms with Crippen LogP contribution in [0.3, 0.4) is 0 Å². The Balaban J connectivity index is 2.97. The largest absolute Gasteiger partial charge is 0.495 e. The molecule has 0 saturated heterocycles. The maximum atomic E-state index is 12.3. The van der Waals surface area contributed by atoms with Crippen LogP contribution in [0.2, 0.25) is 5.02 Å². The Morgan fingerprint density at radius 2 is 2.05 bits per heavy atom. The summed E-state index contributed by atoms with van der Waals surface area (Å²) < 4.78 is 5.21. The molecule has 0 radical (unpaired) electrons. The molecule has 1 aromatic rings. The summed E-state index contributed by atoms with van der Waals surface area (Å²) in [4.78, 5) is 14.3. The number of ether oxygens (including phenoxy) is 1. The molecule has 20 heavy (non-hydrogen) atoms. The minimum Gasteiger partial charge on any atom is -0.495 e. The number of carbonyl (C=O) groups excluding carboxylic acids is 1. The third kappa shape index (κ3) is 4.39. The van der Waals surface area contributed by atoms with Crippen LogP contribution in [0.25, 0.3) is 0 Å². The van der Waals surface area contributed by atoms with Gasteiger partial charge in [-0.1, -0.05) is 25.4 Å². The van der Waals surface area contributed by atoms with E-state index < -0.39 is 0 Å². The summed E-state index contributed by atoms with van der Waals surface area (Å²) in [6.45, 7) is 5.48. The van der Waals surface area contributed by atoms with Gasteiger partial charge in [-0.3, -0.25) is 4.79 Å². The number of amides is 1. The lowest BCUT2D eigenvalue weighted by Crippen LogP contribution is -2.32. The molecule has 0 aliphatic heterocycles. The molecule has 1 rings (SSSR count). The highest BCUT2D eigenvalue weighted by atomic mass is 35.5. The van der Waals surface area contributed by atoms with Crippen molar-refractivity contribution in [3.05, 3.63) is 28.3 Å². The van der Waals surface area contributed by atoms with Gasteiger partial charge in [-0.2, -0.15) is 0 Å². The highest BCUT2D eigenvalue weighted by Gasteiger charge is 2.17.